The van der Waals surface area contributed by atoms with Crippen LogP contribution in [0.5, 0.6) is 11.5 Å². The topological polar surface area (TPSA) is 90.6 Å². The van der Waals surface area contributed by atoms with Crippen LogP contribution in [0.15, 0.2) is 29.8 Å². The number of carbonyl (C=O) groups excluding carboxylic acids is 2. The molecule has 7 nitrogen and oxygen atoms in total. The summed E-state index contributed by atoms with van der Waals surface area (Å²) in [6, 6.07) is 8.57. The Balaban J connectivity index is 1.68. The molecule has 0 bridgehead atoms. The van der Waals surface area contributed by atoms with Crippen molar-refractivity contribution in [3.8, 4) is 17.6 Å². The second kappa shape index (κ2) is 9.31. The number of esters is 1. The number of unbranched alkanes of at least 4 members (excludes halogenated alkanes) is 1. The first kappa shape index (κ1) is 21.2. The second-order valence-corrected chi connectivity index (χ2v) is 7.07. The maximum Gasteiger partial charge on any atom is 0.349 e. The van der Waals surface area contributed by atoms with Gasteiger partial charge in [-0.1, -0.05) is 13.3 Å². The van der Waals surface area contributed by atoms with Gasteiger partial charge in [0.15, 0.2) is 23.9 Å². The number of nitrogens with zero attached hydrogens (tertiary/aromatic N) is 2. The Bertz CT molecular complexity index is 1040. The summed E-state index contributed by atoms with van der Waals surface area (Å²) >= 11 is 0. The van der Waals surface area contributed by atoms with Gasteiger partial charge in [-0.15, -0.1) is 0 Å². The molecule has 0 unspecified atom stereocenters. The van der Waals surface area contributed by atoms with Crippen LogP contribution in [0.25, 0.3) is 6.08 Å². The maximum atomic E-state index is 12.4. The molecule has 0 radical (unpaired) electrons. The molecule has 0 aliphatic carbocycles. The predicted octanol–water partition coefficient (Wildman–Crippen LogP) is 3.97. The van der Waals surface area contributed by atoms with E-state index < -0.39 is 18.4 Å². The van der Waals surface area contributed by atoms with Crippen LogP contribution in [0.3, 0.4) is 0 Å². The molecule has 1 aliphatic rings. The van der Waals surface area contributed by atoms with E-state index in [4.69, 9.17) is 14.2 Å². The highest BCUT2D eigenvalue weighted by molar-refractivity contribution is 6.02. The minimum atomic E-state index is -0.829. The molecule has 0 atom stereocenters. The van der Waals surface area contributed by atoms with Crippen LogP contribution in [0.1, 0.15) is 47.1 Å². The van der Waals surface area contributed by atoms with E-state index in [0.717, 1.165) is 36.3 Å². The average Bonchev–Trinajstić information content (AvgIpc) is 3.32. The fraction of sp³-hybridized carbons (Fsp3) is 0.348. The Morgan fingerprint density at radius 1 is 1.23 bits per heavy atom. The third kappa shape index (κ3) is 4.54. The van der Waals surface area contributed by atoms with E-state index in [0.29, 0.717) is 17.1 Å². The van der Waals surface area contributed by atoms with Crippen molar-refractivity contribution in [3.05, 3.63) is 52.4 Å². The van der Waals surface area contributed by atoms with Crippen molar-refractivity contribution in [3.63, 3.8) is 0 Å². The molecule has 0 spiro atoms. The van der Waals surface area contributed by atoms with Gasteiger partial charge in [0, 0.05) is 23.5 Å². The number of hydrogen-bond acceptors (Lipinski definition) is 6. The van der Waals surface area contributed by atoms with Gasteiger partial charge in [0.05, 0.1) is 0 Å². The lowest BCUT2D eigenvalue weighted by Gasteiger charge is -2.08. The van der Waals surface area contributed by atoms with E-state index in [-0.39, 0.29) is 12.4 Å². The van der Waals surface area contributed by atoms with Gasteiger partial charge in [-0.25, -0.2) is 4.79 Å². The third-order valence-corrected chi connectivity index (χ3v) is 5.02. The summed E-state index contributed by atoms with van der Waals surface area (Å²) < 4.78 is 17.7. The molecular weight excluding hydrogens is 384 g/mol. The largest absolute Gasteiger partial charge is 0.454 e. The molecule has 0 saturated heterocycles. The number of carbonyl (C=O) groups is 2. The SMILES string of the molecule is CCCCn1c(C)cc(/C=C(\C#N)C(=O)OCC(=O)c2ccc3c(c2)OCO3)c1C. The van der Waals surface area contributed by atoms with Gasteiger partial charge >= 0.3 is 5.97 Å². The number of aromatic nitrogens is 1. The normalized spacial score (nSPS) is 12.5. The fourth-order valence-electron chi connectivity index (χ4n) is 3.29. The molecule has 1 aliphatic heterocycles. The zero-order valence-corrected chi connectivity index (χ0v) is 17.4. The van der Waals surface area contributed by atoms with Gasteiger partial charge in [0.1, 0.15) is 11.6 Å². The van der Waals surface area contributed by atoms with Crippen molar-refractivity contribution < 1.29 is 23.8 Å². The second-order valence-electron chi connectivity index (χ2n) is 7.07. The molecule has 2 aromatic rings. The Labute approximate surface area is 175 Å². The number of fused-ring (bicyclic) bond motifs is 1. The van der Waals surface area contributed by atoms with E-state index >= 15 is 0 Å². The number of rotatable bonds is 8. The number of ether oxygens (including phenoxy) is 3. The number of ketones is 1. The molecule has 3 rings (SSSR count). The maximum absolute atomic E-state index is 12.4. The van der Waals surface area contributed by atoms with E-state index in [9.17, 15) is 14.9 Å². The average molecular weight is 408 g/mol. The molecule has 0 amide bonds. The molecule has 30 heavy (non-hydrogen) atoms. The molecule has 0 saturated carbocycles. The zero-order chi connectivity index (χ0) is 21.7. The van der Waals surface area contributed by atoms with Gasteiger partial charge in [-0.3, -0.25) is 4.79 Å². The van der Waals surface area contributed by atoms with Gasteiger partial charge in [0.25, 0.3) is 0 Å². The Kier molecular flexibility index (Phi) is 6.58. The summed E-state index contributed by atoms with van der Waals surface area (Å²) in [5.74, 6) is -0.181. The summed E-state index contributed by atoms with van der Waals surface area (Å²) in [5.41, 5.74) is 3.03. The molecule has 0 N–H and O–H groups in total. The van der Waals surface area contributed by atoms with Crippen molar-refractivity contribution >= 4 is 17.8 Å². The predicted molar refractivity (Wildman–Crippen MR) is 110 cm³/mol. The van der Waals surface area contributed by atoms with Crippen LogP contribution in [-0.4, -0.2) is 29.7 Å². The summed E-state index contributed by atoms with van der Waals surface area (Å²) in [6.45, 7) is 6.61. The highest BCUT2D eigenvalue weighted by Gasteiger charge is 2.19. The molecule has 2 heterocycles. The standard InChI is InChI=1S/C23H24N2O5/c1-4-5-8-25-15(2)9-18(16(25)3)10-19(12-24)23(27)28-13-20(26)17-6-7-21-22(11-17)30-14-29-21/h6-7,9-11H,4-5,8,13-14H2,1-3H3/b19-10+. The van der Waals surface area contributed by atoms with Crippen molar-refractivity contribution in [2.75, 3.05) is 13.4 Å². The molecule has 7 heteroatoms. The van der Waals surface area contributed by atoms with E-state index in [2.05, 4.69) is 11.5 Å². The summed E-state index contributed by atoms with van der Waals surface area (Å²) in [4.78, 5) is 24.7. The van der Waals surface area contributed by atoms with Crippen LogP contribution in [0.2, 0.25) is 0 Å². The van der Waals surface area contributed by atoms with E-state index in [1.807, 2.05) is 26.0 Å². The van der Waals surface area contributed by atoms with Gasteiger partial charge in [-0.2, -0.15) is 5.26 Å². The van der Waals surface area contributed by atoms with Crippen LogP contribution in [0.4, 0.5) is 0 Å². The lowest BCUT2D eigenvalue weighted by molar-refractivity contribution is -0.137. The Hall–Kier alpha value is -3.53. The Morgan fingerprint density at radius 3 is 2.73 bits per heavy atom. The first-order valence-corrected chi connectivity index (χ1v) is 9.83. The third-order valence-electron chi connectivity index (χ3n) is 5.02. The van der Waals surface area contributed by atoms with E-state index in [1.165, 1.54) is 6.08 Å². The number of benzene rings is 1. The summed E-state index contributed by atoms with van der Waals surface area (Å²) in [6.07, 6.45) is 3.64. The van der Waals surface area contributed by atoms with Crippen LogP contribution in [0, 0.1) is 25.2 Å². The number of aryl methyl sites for hydroxylation is 1. The minimum absolute atomic E-state index is 0.108. The van der Waals surface area contributed by atoms with Crippen molar-refractivity contribution in [2.24, 2.45) is 0 Å². The smallest absolute Gasteiger partial charge is 0.349 e. The molecule has 0 fully saturated rings. The lowest BCUT2D eigenvalue weighted by Crippen LogP contribution is -2.15. The first-order valence-electron chi connectivity index (χ1n) is 9.83. The number of nitriles is 1. The molecule has 1 aromatic heterocycles. The van der Waals surface area contributed by atoms with Crippen LogP contribution in [-0.2, 0) is 16.1 Å². The summed E-state index contributed by atoms with van der Waals surface area (Å²) in [5, 5.41) is 9.41. The molecular formula is C23H24N2O5. The van der Waals surface area contributed by atoms with Crippen LogP contribution >= 0.6 is 0 Å². The quantitative estimate of drug-likeness (QED) is 0.284. The zero-order valence-electron chi connectivity index (χ0n) is 17.4. The van der Waals surface area contributed by atoms with Crippen LogP contribution < -0.4 is 9.47 Å². The monoisotopic (exact) mass is 408 g/mol. The fourth-order valence-corrected chi connectivity index (χ4v) is 3.29. The lowest BCUT2D eigenvalue weighted by atomic mass is 10.1. The Morgan fingerprint density at radius 2 is 2.00 bits per heavy atom. The minimum Gasteiger partial charge on any atom is -0.454 e. The highest BCUT2D eigenvalue weighted by atomic mass is 16.7. The molecule has 156 valence electrons. The van der Waals surface area contributed by atoms with Crippen molar-refractivity contribution in [1.29, 1.82) is 5.26 Å². The van der Waals surface area contributed by atoms with Gasteiger partial charge in [-0.05, 0) is 56.2 Å². The van der Waals surface area contributed by atoms with Gasteiger partial charge < -0.3 is 18.8 Å². The van der Waals surface area contributed by atoms with E-state index in [1.54, 1.807) is 18.2 Å². The highest BCUT2D eigenvalue weighted by Crippen LogP contribution is 2.32. The summed E-state index contributed by atoms with van der Waals surface area (Å²) in [7, 11) is 0. The van der Waals surface area contributed by atoms with Gasteiger partial charge in [0.2, 0.25) is 6.79 Å². The first-order chi connectivity index (χ1) is 14.4. The van der Waals surface area contributed by atoms with Crippen molar-refractivity contribution in [2.45, 2.75) is 40.2 Å². The molecule has 1 aromatic carbocycles. The number of Topliss-reactive ketones (excluding diaryl/α,β-unsaturated/α-hetero) is 1. The number of hydrogen-bond donors (Lipinski definition) is 0. The van der Waals surface area contributed by atoms with Crippen molar-refractivity contribution in [1.82, 2.24) is 4.57 Å².